The molecule has 6 nitrogen and oxygen atoms in total. The third-order valence-electron chi connectivity index (χ3n) is 2.07. The Kier molecular flexibility index (Phi) is 4.18. The van der Waals surface area contributed by atoms with E-state index in [2.05, 4.69) is 15.0 Å². The van der Waals surface area contributed by atoms with Gasteiger partial charge in [-0.05, 0) is 35.5 Å². The van der Waals surface area contributed by atoms with Gasteiger partial charge in [0.2, 0.25) is 5.28 Å². The summed E-state index contributed by atoms with van der Waals surface area (Å²) in [7, 11) is 1.41. The number of hydrogen-bond acceptors (Lipinski definition) is 6. The number of carboxylic acid groups (broad SMARTS) is 1. The number of carbonyl (C=O) groups is 1. The van der Waals surface area contributed by atoms with Crippen molar-refractivity contribution in [3.63, 3.8) is 0 Å². The van der Waals surface area contributed by atoms with Crippen LogP contribution in [0.25, 0.3) is 0 Å². The Labute approximate surface area is 117 Å². The fourth-order valence-electron chi connectivity index (χ4n) is 1.28. The van der Waals surface area contributed by atoms with Gasteiger partial charge in [0, 0.05) is 4.90 Å². The number of aromatic carboxylic acids is 1. The number of benzene rings is 1. The van der Waals surface area contributed by atoms with E-state index in [0.717, 1.165) is 11.8 Å². The summed E-state index contributed by atoms with van der Waals surface area (Å²) < 4.78 is 4.87. The van der Waals surface area contributed by atoms with Crippen LogP contribution in [0.3, 0.4) is 0 Å². The van der Waals surface area contributed by atoms with Gasteiger partial charge in [0.15, 0.2) is 5.16 Å². The number of methoxy groups -OCH3 is 1. The second-order valence-corrected chi connectivity index (χ2v) is 4.62. The van der Waals surface area contributed by atoms with Crippen molar-refractivity contribution in [1.82, 2.24) is 15.0 Å². The summed E-state index contributed by atoms with van der Waals surface area (Å²) in [5.74, 6) is -1.02. The van der Waals surface area contributed by atoms with Gasteiger partial charge in [-0.15, -0.1) is 0 Å². The number of carboxylic acids is 1. The van der Waals surface area contributed by atoms with Gasteiger partial charge < -0.3 is 9.84 Å². The molecule has 1 N–H and O–H groups in total. The lowest BCUT2D eigenvalue weighted by atomic mass is 10.2. The zero-order valence-electron chi connectivity index (χ0n) is 9.70. The molecule has 0 aliphatic carbocycles. The Morgan fingerprint density at radius 1 is 1.32 bits per heavy atom. The molecule has 0 aliphatic heterocycles. The average Bonchev–Trinajstić information content (AvgIpc) is 2.38. The largest absolute Gasteiger partial charge is 0.478 e. The monoisotopic (exact) mass is 297 g/mol. The van der Waals surface area contributed by atoms with Crippen LogP contribution in [-0.4, -0.2) is 33.1 Å². The maximum absolute atomic E-state index is 11.1. The number of halogens is 1. The summed E-state index contributed by atoms with van der Waals surface area (Å²) in [5, 5.41) is 9.34. The Morgan fingerprint density at radius 3 is 2.74 bits per heavy atom. The molecule has 0 aliphatic rings. The molecule has 0 atom stereocenters. The number of hydrogen-bond donors (Lipinski definition) is 1. The summed E-state index contributed by atoms with van der Waals surface area (Å²) in [6.07, 6.45) is 0. The Morgan fingerprint density at radius 2 is 2.05 bits per heavy atom. The van der Waals surface area contributed by atoms with E-state index in [-0.39, 0.29) is 22.0 Å². The fraction of sp³-hybridized carbons (Fsp3) is 0.0909. The molecule has 0 fully saturated rings. The van der Waals surface area contributed by atoms with Gasteiger partial charge in [-0.25, -0.2) is 4.79 Å². The molecule has 98 valence electrons. The molecule has 0 amide bonds. The molecule has 1 aromatic carbocycles. The van der Waals surface area contributed by atoms with Crippen LogP contribution in [0.5, 0.6) is 6.01 Å². The smallest absolute Gasteiger partial charge is 0.336 e. The molecule has 0 saturated carbocycles. The Balaban J connectivity index is 2.36. The van der Waals surface area contributed by atoms with Crippen molar-refractivity contribution >= 4 is 29.3 Å². The number of aromatic nitrogens is 3. The van der Waals surface area contributed by atoms with Gasteiger partial charge in [0.25, 0.3) is 0 Å². The van der Waals surface area contributed by atoms with Crippen LogP contribution in [0.4, 0.5) is 0 Å². The maximum Gasteiger partial charge on any atom is 0.336 e. The lowest BCUT2D eigenvalue weighted by molar-refractivity contribution is 0.0693. The third-order valence-corrected chi connectivity index (χ3v) is 3.18. The Hall–Kier alpha value is -1.86. The predicted octanol–water partition coefficient (Wildman–Crippen LogP) is 2.38. The first kappa shape index (κ1) is 13.6. The van der Waals surface area contributed by atoms with Crippen molar-refractivity contribution in [2.45, 2.75) is 10.1 Å². The van der Waals surface area contributed by atoms with E-state index in [4.69, 9.17) is 21.4 Å². The van der Waals surface area contributed by atoms with E-state index in [1.165, 1.54) is 13.2 Å². The van der Waals surface area contributed by atoms with E-state index in [1.54, 1.807) is 18.2 Å². The van der Waals surface area contributed by atoms with Gasteiger partial charge in [-0.3, -0.25) is 0 Å². The first-order chi connectivity index (χ1) is 9.10. The Bertz CT molecular complexity index is 624. The van der Waals surface area contributed by atoms with Crippen molar-refractivity contribution in [3.05, 3.63) is 35.1 Å². The topological polar surface area (TPSA) is 85.2 Å². The van der Waals surface area contributed by atoms with E-state index >= 15 is 0 Å². The summed E-state index contributed by atoms with van der Waals surface area (Å²) in [4.78, 5) is 23.2. The predicted molar refractivity (Wildman–Crippen MR) is 68.9 cm³/mol. The van der Waals surface area contributed by atoms with Crippen LogP contribution < -0.4 is 4.74 Å². The molecule has 8 heteroatoms. The molecule has 2 rings (SSSR count). The zero-order chi connectivity index (χ0) is 13.8. The highest BCUT2D eigenvalue weighted by atomic mass is 35.5. The number of rotatable bonds is 4. The van der Waals surface area contributed by atoms with Crippen LogP contribution in [0.15, 0.2) is 34.3 Å². The fourth-order valence-corrected chi connectivity index (χ4v) is 2.35. The van der Waals surface area contributed by atoms with Gasteiger partial charge >= 0.3 is 12.0 Å². The van der Waals surface area contributed by atoms with Crippen LogP contribution in [0, 0.1) is 0 Å². The van der Waals surface area contributed by atoms with Gasteiger partial charge in [-0.1, -0.05) is 12.1 Å². The zero-order valence-corrected chi connectivity index (χ0v) is 11.3. The lowest BCUT2D eigenvalue weighted by Gasteiger charge is -2.05. The van der Waals surface area contributed by atoms with Crippen molar-refractivity contribution in [3.8, 4) is 6.01 Å². The summed E-state index contributed by atoms with van der Waals surface area (Å²) in [5.41, 5.74) is 0.169. The van der Waals surface area contributed by atoms with E-state index in [9.17, 15) is 4.79 Å². The first-order valence-electron chi connectivity index (χ1n) is 5.06. The van der Waals surface area contributed by atoms with Crippen molar-refractivity contribution in [2.24, 2.45) is 0 Å². The van der Waals surface area contributed by atoms with E-state index in [0.29, 0.717) is 4.90 Å². The number of nitrogens with zero attached hydrogens (tertiary/aromatic N) is 3. The molecule has 0 unspecified atom stereocenters. The van der Waals surface area contributed by atoms with Crippen molar-refractivity contribution in [2.75, 3.05) is 7.11 Å². The molecule has 0 saturated heterocycles. The second kappa shape index (κ2) is 5.85. The standard InChI is InChI=1S/C11H8ClN3O3S/c1-18-10-13-9(12)14-11(15-10)19-7-5-3-2-4-6(7)8(16)17/h2-5H,1H3,(H,16,17). The number of ether oxygens (including phenoxy) is 1. The minimum atomic E-state index is -1.02. The SMILES string of the molecule is COc1nc(Cl)nc(Sc2ccccc2C(=O)O)n1. The first-order valence-corrected chi connectivity index (χ1v) is 6.25. The molecule has 0 spiro atoms. The summed E-state index contributed by atoms with van der Waals surface area (Å²) in [6, 6.07) is 6.63. The van der Waals surface area contributed by atoms with E-state index in [1.807, 2.05) is 0 Å². The molecule has 2 aromatic rings. The van der Waals surface area contributed by atoms with Crippen molar-refractivity contribution < 1.29 is 14.6 Å². The third kappa shape index (κ3) is 3.33. The second-order valence-electron chi connectivity index (χ2n) is 3.28. The van der Waals surface area contributed by atoms with Crippen LogP contribution in [0.1, 0.15) is 10.4 Å². The summed E-state index contributed by atoms with van der Waals surface area (Å²) in [6.45, 7) is 0. The normalized spacial score (nSPS) is 10.2. The van der Waals surface area contributed by atoms with Crippen molar-refractivity contribution in [1.29, 1.82) is 0 Å². The minimum Gasteiger partial charge on any atom is -0.478 e. The highest BCUT2D eigenvalue weighted by Crippen LogP contribution is 2.29. The molecule has 19 heavy (non-hydrogen) atoms. The molecular weight excluding hydrogens is 290 g/mol. The van der Waals surface area contributed by atoms with Gasteiger partial charge in [0.1, 0.15) is 0 Å². The van der Waals surface area contributed by atoms with Crippen LogP contribution >= 0.6 is 23.4 Å². The van der Waals surface area contributed by atoms with Crippen LogP contribution in [0.2, 0.25) is 5.28 Å². The molecule has 0 bridgehead atoms. The molecular formula is C11H8ClN3O3S. The molecule has 0 radical (unpaired) electrons. The van der Waals surface area contributed by atoms with Gasteiger partial charge in [-0.2, -0.15) is 15.0 Å². The van der Waals surface area contributed by atoms with Crippen LogP contribution in [-0.2, 0) is 0 Å². The van der Waals surface area contributed by atoms with E-state index < -0.39 is 5.97 Å². The van der Waals surface area contributed by atoms with Gasteiger partial charge in [0.05, 0.1) is 12.7 Å². The highest BCUT2D eigenvalue weighted by Gasteiger charge is 2.13. The maximum atomic E-state index is 11.1. The highest BCUT2D eigenvalue weighted by molar-refractivity contribution is 7.99. The molecule has 1 heterocycles. The lowest BCUT2D eigenvalue weighted by Crippen LogP contribution is -2.00. The minimum absolute atomic E-state index is 0.0119. The quantitative estimate of drug-likeness (QED) is 0.927. The summed E-state index contributed by atoms with van der Waals surface area (Å²) >= 11 is 6.80. The molecule has 1 aromatic heterocycles. The average molecular weight is 298 g/mol.